The van der Waals surface area contributed by atoms with E-state index in [-0.39, 0.29) is 5.91 Å². The van der Waals surface area contributed by atoms with Gasteiger partial charge < -0.3 is 15.8 Å². The molecule has 1 heterocycles. The van der Waals surface area contributed by atoms with Gasteiger partial charge >= 0.3 is 0 Å². The number of amides is 1. The normalized spacial score (nSPS) is 10.3. The molecule has 20 heavy (non-hydrogen) atoms. The number of carbonyl (C=O) groups is 1. The molecular weight excluding hydrogens is 272 g/mol. The summed E-state index contributed by atoms with van der Waals surface area (Å²) in [6.07, 6.45) is 0. The lowest BCUT2D eigenvalue weighted by Gasteiger charge is -2.08. The summed E-state index contributed by atoms with van der Waals surface area (Å²) >= 11 is 1.70. The Morgan fingerprint density at radius 1 is 1.35 bits per heavy atom. The fraction of sp³-hybridized carbons (Fsp3) is 0.267. The van der Waals surface area contributed by atoms with Gasteiger partial charge in [0.15, 0.2) is 0 Å². The Morgan fingerprint density at radius 2 is 2.10 bits per heavy atom. The van der Waals surface area contributed by atoms with E-state index < -0.39 is 0 Å². The van der Waals surface area contributed by atoms with Crippen molar-refractivity contribution in [3.05, 3.63) is 45.1 Å². The summed E-state index contributed by atoms with van der Waals surface area (Å²) in [5.41, 5.74) is 8.00. The first-order valence-corrected chi connectivity index (χ1v) is 7.10. The van der Waals surface area contributed by atoms with Crippen molar-refractivity contribution in [2.45, 2.75) is 20.4 Å². The fourth-order valence-electron chi connectivity index (χ4n) is 1.87. The number of benzene rings is 1. The van der Waals surface area contributed by atoms with E-state index in [1.54, 1.807) is 36.6 Å². The summed E-state index contributed by atoms with van der Waals surface area (Å²) in [4.78, 5) is 14.5. The summed E-state index contributed by atoms with van der Waals surface area (Å²) in [5, 5.41) is 2.88. The molecule has 0 spiro atoms. The molecule has 4 nitrogen and oxygen atoms in total. The second-order valence-corrected chi connectivity index (χ2v) is 5.93. The van der Waals surface area contributed by atoms with Crippen molar-refractivity contribution in [3.8, 4) is 5.75 Å². The first kappa shape index (κ1) is 14.4. The van der Waals surface area contributed by atoms with Crippen LogP contribution in [-0.2, 0) is 6.54 Å². The molecule has 3 N–H and O–H groups in total. The predicted molar refractivity (Wildman–Crippen MR) is 82.4 cm³/mol. The van der Waals surface area contributed by atoms with E-state index in [0.717, 1.165) is 4.88 Å². The number of methoxy groups -OCH3 is 1. The molecule has 0 aliphatic carbocycles. The van der Waals surface area contributed by atoms with E-state index in [2.05, 4.69) is 25.2 Å². The highest BCUT2D eigenvalue weighted by molar-refractivity contribution is 7.12. The summed E-state index contributed by atoms with van der Waals surface area (Å²) in [7, 11) is 1.57. The predicted octanol–water partition coefficient (Wildman–Crippen LogP) is 2.89. The van der Waals surface area contributed by atoms with Crippen molar-refractivity contribution >= 4 is 22.9 Å². The van der Waals surface area contributed by atoms with Gasteiger partial charge in [0.05, 0.1) is 19.2 Å². The van der Waals surface area contributed by atoms with Crippen LogP contribution in [0.15, 0.2) is 24.3 Å². The second-order valence-electron chi connectivity index (χ2n) is 4.59. The van der Waals surface area contributed by atoms with Crippen molar-refractivity contribution in [2.24, 2.45) is 0 Å². The lowest BCUT2D eigenvalue weighted by molar-refractivity contribution is 0.0952. The molecule has 5 heteroatoms. The number of nitrogens with two attached hydrogens (primary N) is 1. The maximum absolute atomic E-state index is 12.1. The van der Waals surface area contributed by atoms with Crippen molar-refractivity contribution in [1.82, 2.24) is 5.32 Å². The molecule has 0 saturated carbocycles. The number of hydrogen-bond acceptors (Lipinski definition) is 4. The lowest BCUT2D eigenvalue weighted by atomic mass is 10.1. The summed E-state index contributed by atoms with van der Waals surface area (Å²) in [5.74, 6) is 0.470. The fourth-order valence-corrected chi connectivity index (χ4v) is 2.87. The standard InChI is InChI=1S/C15H18N2O2S/c1-9-6-12(20-10(9)2)8-17-15(18)13-5-4-11(19-3)7-14(13)16/h4-7H,8,16H2,1-3H3,(H,17,18). The van der Waals surface area contributed by atoms with E-state index in [9.17, 15) is 4.79 Å². The quantitative estimate of drug-likeness (QED) is 0.851. The Labute approximate surface area is 122 Å². The van der Waals surface area contributed by atoms with Gasteiger partial charge in [0.1, 0.15) is 5.75 Å². The van der Waals surface area contributed by atoms with Crippen LogP contribution in [0.5, 0.6) is 5.75 Å². The smallest absolute Gasteiger partial charge is 0.253 e. The van der Waals surface area contributed by atoms with E-state index >= 15 is 0 Å². The Balaban J connectivity index is 2.05. The van der Waals surface area contributed by atoms with Gasteiger partial charge in [-0.25, -0.2) is 0 Å². The minimum Gasteiger partial charge on any atom is -0.497 e. The molecule has 1 amide bonds. The molecule has 2 aromatic rings. The lowest BCUT2D eigenvalue weighted by Crippen LogP contribution is -2.23. The van der Waals surface area contributed by atoms with Crippen molar-refractivity contribution in [3.63, 3.8) is 0 Å². The Morgan fingerprint density at radius 3 is 2.65 bits per heavy atom. The van der Waals surface area contributed by atoms with Crippen LogP contribution in [0.25, 0.3) is 0 Å². The topological polar surface area (TPSA) is 64.3 Å². The zero-order valence-electron chi connectivity index (χ0n) is 11.8. The highest BCUT2D eigenvalue weighted by Crippen LogP contribution is 2.22. The SMILES string of the molecule is COc1ccc(C(=O)NCc2cc(C)c(C)s2)c(N)c1. The van der Waals surface area contributed by atoms with Gasteiger partial charge in [0.2, 0.25) is 0 Å². The molecule has 1 aromatic carbocycles. The summed E-state index contributed by atoms with van der Waals surface area (Å²) < 4.78 is 5.06. The van der Waals surface area contributed by atoms with Crippen LogP contribution in [-0.4, -0.2) is 13.0 Å². The third-order valence-electron chi connectivity index (χ3n) is 3.14. The molecule has 0 aliphatic heterocycles. The first-order valence-electron chi connectivity index (χ1n) is 6.29. The van der Waals surface area contributed by atoms with Gasteiger partial charge in [-0.05, 0) is 37.6 Å². The van der Waals surface area contributed by atoms with Gasteiger partial charge in [-0.2, -0.15) is 0 Å². The second kappa shape index (κ2) is 5.96. The van der Waals surface area contributed by atoms with E-state index in [4.69, 9.17) is 10.5 Å². The summed E-state index contributed by atoms with van der Waals surface area (Å²) in [6.45, 7) is 4.66. The van der Waals surface area contributed by atoms with Crippen LogP contribution in [0.1, 0.15) is 25.7 Å². The van der Waals surface area contributed by atoms with Crippen LogP contribution in [0, 0.1) is 13.8 Å². The average Bonchev–Trinajstić information content (AvgIpc) is 2.75. The molecule has 0 saturated heterocycles. The Kier molecular flexibility index (Phi) is 4.29. The molecular formula is C15H18N2O2S. The van der Waals surface area contributed by atoms with E-state index in [1.807, 2.05) is 0 Å². The monoisotopic (exact) mass is 290 g/mol. The molecule has 0 fully saturated rings. The minimum absolute atomic E-state index is 0.172. The molecule has 2 rings (SSSR count). The van der Waals surface area contributed by atoms with Crippen molar-refractivity contribution < 1.29 is 9.53 Å². The molecule has 0 atom stereocenters. The Bertz CT molecular complexity index is 615. The zero-order valence-corrected chi connectivity index (χ0v) is 12.6. The van der Waals surface area contributed by atoms with Crippen LogP contribution in [0.2, 0.25) is 0 Å². The number of aryl methyl sites for hydroxylation is 2. The van der Waals surface area contributed by atoms with Crippen LogP contribution < -0.4 is 15.8 Å². The summed E-state index contributed by atoms with van der Waals surface area (Å²) in [6, 6.07) is 7.14. The number of nitrogens with one attached hydrogen (secondary N) is 1. The van der Waals surface area contributed by atoms with Crippen LogP contribution >= 0.6 is 11.3 Å². The minimum atomic E-state index is -0.172. The number of carbonyl (C=O) groups excluding carboxylic acids is 1. The highest BCUT2D eigenvalue weighted by atomic mass is 32.1. The average molecular weight is 290 g/mol. The van der Waals surface area contributed by atoms with E-state index in [0.29, 0.717) is 23.5 Å². The first-order chi connectivity index (χ1) is 9.51. The number of nitrogen functional groups attached to an aromatic ring is 1. The largest absolute Gasteiger partial charge is 0.497 e. The van der Waals surface area contributed by atoms with E-state index in [1.165, 1.54) is 10.4 Å². The molecule has 0 unspecified atom stereocenters. The molecule has 106 valence electrons. The zero-order chi connectivity index (χ0) is 14.7. The number of anilines is 1. The highest BCUT2D eigenvalue weighted by Gasteiger charge is 2.11. The number of thiophene rings is 1. The van der Waals surface area contributed by atoms with Crippen molar-refractivity contribution in [1.29, 1.82) is 0 Å². The number of rotatable bonds is 4. The molecule has 0 bridgehead atoms. The Hall–Kier alpha value is -2.01. The molecule has 0 radical (unpaired) electrons. The van der Waals surface area contributed by atoms with Gasteiger partial charge in [-0.1, -0.05) is 0 Å². The van der Waals surface area contributed by atoms with Crippen LogP contribution in [0.3, 0.4) is 0 Å². The maximum Gasteiger partial charge on any atom is 0.253 e. The van der Waals surface area contributed by atoms with Crippen LogP contribution in [0.4, 0.5) is 5.69 Å². The third kappa shape index (κ3) is 3.11. The van der Waals surface area contributed by atoms with Crippen molar-refractivity contribution in [2.75, 3.05) is 12.8 Å². The van der Waals surface area contributed by atoms with Gasteiger partial charge in [0.25, 0.3) is 5.91 Å². The molecule has 1 aromatic heterocycles. The van der Waals surface area contributed by atoms with Gasteiger partial charge in [0, 0.05) is 21.5 Å². The number of hydrogen-bond donors (Lipinski definition) is 2. The number of ether oxygens (including phenoxy) is 1. The molecule has 0 aliphatic rings. The van der Waals surface area contributed by atoms with Gasteiger partial charge in [-0.3, -0.25) is 4.79 Å². The van der Waals surface area contributed by atoms with Gasteiger partial charge in [-0.15, -0.1) is 11.3 Å². The maximum atomic E-state index is 12.1. The third-order valence-corrected chi connectivity index (χ3v) is 4.30.